The van der Waals surface area contributed by atoms with Gasteiger partial charge in [-0.05, 0) is 32.2 Å². The molecule has 1 saturated carbocycles. The van der Waals surface area contributed by atoms with Crippen LogP contribution in [0.25, 0.3) is 0 Å². The van der Waals surface area contributed by atoms with E-state index in [4.69, 9.17) is 10.7 Å². The van der Waals surface area contributed by atoms with Crippen molar-refractivity contribution < 1.29 is 0 Å². The molecule has 0 amide bonds. The number of aliphatic imine (C=N–C) groups is 1. The summed E-state index contributed by atoms with van der Waals surface area (Å²) in [5, 5.41) is 0. The summed E-state index contributed by atoms with van der Waals surface area (Å²) in [6, 6.07) is 1.25. The van der Waals surface area contributed by atoms with Crippen molar-refractivity contribution >= 4 is 5.96 Å². The molecule has 0 spiro atoms. The van der Waals surface area contributed by atoms with Crippen LogP contribution in [0.5, 0.6) is 0 Å². The van der Waals surface area contributed by atoms with Crippen LogP contribution in [0.3, 0.4) is 0 Å². The lowest BCUT2D eigenvalue weighted by Gasteiger charge is -2.38. The van der Waals surface area contributed by atoms with Crippen LogP contribution in [0.2, 0.25) is 0 Å². The minimum Gasteiger partial charge on any atom is -0.370 e. The molecule has 2 aliphatic heterocycles. The van der Waals surface area contributed by atoms with E-state index >= 15 is 0 Å². The summed E-state index contributed by atoms with van der Waals surface area (Å²) in [5.74, 6) is 0.809. The molecule has 0 radical (unpaired) electrons. The second kappa shape index (κ2) is 4.84. The molecule has 2 N–H and O–H groups in total. The van der Waals surface area contributed by atoms with Gasteiger partial charge in [0.1, 0.15) is 0 Å². The van der Waals surface area contributed by atoms with Crippen molar-refractivity contribution in [1.29, 1.82) is 0 Å². The molecule has 17 heavy (non-hydrogen) atoms. The van der Waals surface area contributed by atoms with Crippen LogP contribution in [0, 0.1) is 0 Å². The standard InChI is InChI=1S/C13H24N4/c14-13(15-11-4-1-2-5-11)17-9-8-16-7-3-6-12(16)10-17/h11-12H,1-10H2,(H2,14,15). The fraction of sp³-hybridized carbons (Fsp3) is 0.923. The maximum absolute atomic E-state index is 6.17. The van der Waals surface area contributed by atoms with E-state index in [0.29, 0.717) is 6.04 Å². The lowest BCUT2D eigenvalue weighted by atomic mass is 10.1. The number of rotatable bonds is 1. The molecule has 3 fully saturated rings. The molecule has 0 aromatic rings. The average Bonchev–Trinajstić information content (AvgIpc) is 2.97. The second-order valence-corrected chi connectivity index (χ2v) is 5.70. The SMILES string of the molecule is NC(=NC1CCCC1)N1CCN2CCCC2C1. The Morgan fingerprint density at radius 3 is 2.65 bits per heavy atom. The van der Waals surface area contributed by atoms with Crippen molar-refractivity contribution in [3.8, 4) is 0 Å². The number of piperazine rings is 1. The molecular weight excluding hydrogens is 212 g/mol. The zero-order chi connectivity index (χ0) is 11.7. The van der Waals surface area contributed by atoms with Crippen LogP contribution < -0.4 is 5.73 Å². The first-order chi connectivity index (χ1) is 8.33. The predicted molar refractivity (Wildman–Crippen MR) is 70.0 cm³/mol. The minimum atomic E-state index is 0.511. The molecule has 96 valence electrons. The van der Waals surface area contributed by atoms with Gasteiger partial charge in [-0.2, -0.15) is 0 Å². The molecular formula is C13H24N4. The summed E-state index contributed by atoms with van der Waals surface area (Å²) < 4.78 is 0. The van der Waals surface area contributed by atoms with E-state index in [2.05, 4.69) is 9.80 Å². The largest absolute Gasteiger partial charge is 0.370 e. The molecule has 4 heteroatoms. The van der Waals surface area contributed by atoms with Gasteiger partial charge in [-0.15, -0.1) is 0 Å². The molecule has 1 atom stereocenters. The van der Waals surface area contributed by atoms with Crippen molar-refractivity contribution in [3.05, 3.63) is 0 Å². The molecule has 1 unspecified atom stereocenters. The third-order valence-electron chi connectivity index (χ3n) is 4.55. The van der Waals surface area contributed by atoms with Crippen molar-refractivity contribution in [2.45, 2.75) is 50.6 Å². The highest BCUT2D eigenvalue weighted by molar-refractivity contribution is 5.78. The molecule has 1 aliphatic carbocycles. The first kappa shape index (κ1) is 11.3. The van der Waals surface area contributed by atoms with E-state index in [1.54, 1.807) is 0 Å². The van der Waals surface area contributed by atoms with Crippen molar-refractivity contribution in [1.82, 2.24) is 9.80 Å². The molecule has 2 saturated heterocycles. The number of nitrogens with zero attached hydrogens (tertiary/aromatic N) is 3. The molecule has 0 aromatic carbocycles. The van der Waals surface area contributed by atoms with E-state index in [1.807, 2.05) is 0 Å². The summed E-state index contributed by atoms with van der Waals surface area (Å²) in [6.07, 6.45) is 7.84. The zero-order valence-corrected chi connectivity index (χ0v) is 10.6. The van der Waals surface area contributed by atoms with Gasteiger partial charge in [0.15, 0.2) is 5.96 Å². The van der Waals surface area contributed by atoms with Gasteiger partial charge in [0.25, 0.3) is 0 Å². The molecule has 0 aromatic heterocycles. The summed E-state index contributed by atoms with van der Waals surface area (Å²) in [7, 11) is 0. The Balaban J connectivity index is 1.60. The molecule has 3 aliphatic rings. The van der Waals surface area contributed by atoms with Gasteiger partial charge in [-0.25, -0.2) is 4.99 Å². The maximum Gasteiger partial charge on any atom is 0.191 e. The van der Waals surface area contributed by atoms with Crippen molar-refractivity contribution in [2.24, 2.45) is 10.7 Å². The number of hydrogen-bond donors (Lipinski definition) is 1. The van der Waals surface area contributed by atoms with Gasteiger partial charge in [-0.3, -0.25) is 4.90 Å². The monoisotopic (exact) mass is 236 g/mol. The second-order valence-electron chi connectivity index (χ2n) is 5.70. The molecule has 3 rings (SSSR count). The molecule has 2 heterocycles. The van der Waals surface area contributed by atoms with Gasteiger partial charge < -0.3 is 10.6 Å². The summed E-state index contributed by atoms with van der Waals surface area (Å²) in [4.78, 5) is 9.64. The van der Waals surface area contributed by atoms with Gasteiger partial charge in [0.2, 0.25) is 0 Å². The number of guanidine groups is 1. The Kier molecular flexibility index (Phi) is 3.23. The molecule has 4 nitrogen and oxygen atoms in total. The van der Waals surface area contributed by atoms with E-state index < -0.39 is 0 Å². The Hall–Kier alpha value is -0.770. The zero-order valence-electron chi connectivity index (χ0n) is 10.6. The topological polar surface area (TPSA) is 44.9 Å². The third-order valence-corrected chi connectivity index (χ3v) is 4.55. The third kappa shape index (κ3) is 2.41. The first-order valence-corrected chi connectivity index (χ1v) is 7.15. The van der Waals surface area contributed by atoms with Crippen LogP contribution in [-0.2, 0) is 0 Å². The Labute approximate surface area is 104 Å². The Bertz CT molecular complexity index is 296. The van der Waals surface area contributed by atoms with E-state index in [9.17, 15) is 0 Å². The molecule has 0 bridgehead atoms. The van der Waals surface area contributed by atoms with Gasteiger partial charge in [0.05, 0.1) is 6.04 Å². The first-order valence-electron chi connectivity index (χ1n) is 7.15. The smallest absolute Gasteiger partial charge is 0.191 e. The van der Waals surface area contributed by atoms with Crippen LogP contribution in [0.1, 0.15) is 38.5 Å². The van der Waals surface area contributed by atoms with Crippen molar-refractivity contribution in [3.63, 3.8) is 0 Å². The highest BCUT2D eigenvalue weighted by Gasteiger charge is 2.31. The number of fused-ring (bicyclic) bond motifs is 1. The maximum atomic E-state index is 6.17. The highest BCUT2D eigenvalue weighted by Crippen LogP contribution is 2.23. The minimum absolute atomic E-state index is 0.511. The normalized spacial score (nSPS) is 32.1. The van der Waals surface area contributed by atoms with Crippen LogP contribution in [-0.4, -0.2) is 54.0 Å². The summed E-state index contributed by atoms with van der Waals surface area (Å²) >= 11 is 0. The lowest BCUT2D eigenvalue weighted by molar-refractivity contribution is 0.150. The van der Waals surface area contributed by atoms with Crippen LogP contribution in [0.15, 0.2) is 4.99 Å². The van der Waals surface area contributed by atoms with Crippen LogP contribution in [0.4, 0.5) is 0 Å². The van der Waals surface area contributed by atoms with Crippen LogP contribution >= 0.6 is 0 Å². The van der Waals surface area contributed by atoms with Gasteiger partial charge >= 0.3 is 0 Å². The Morgan fingerprint density at radius 1 is 1.00 bits per heavy atom. The number of nitrogens with two attached hydrogens (primary N) is 1. The lowest BCUT2D eigenvalue weighted by Crippen LogP contribution is -2.54. The fourth-order valence-corrected chi connectivity index (χ4v) is 3.50. The quantitative estimate of drug-likeness (QED) is 0.546. The summed E-state index contributed by atoms with van der Waals surface area (Å²) in [5.41, 5.74) is 6.17. The number of hydrogen-bond acceptors (Lipinski definition) is 2. The summed E-state index contributed by atoms with van der Waals surface area (Å²) in [6.45, 7) is 4.63. The van der Waals surface area contributed by atoms with E-state index in [0.717, 1.165) is 25.1 Å². The highest BCUT2D eigenvalue weighted by atomic mass is 15.3. The predicted octanol–water partition coefficient (Wildman–Crippen LogP) is 1.02. The van der Waals surface area contributed by atoms with E-state index in [-0.39, 0.29) is 0 Å². The van der Waals surface area contributed by atoms with Gasteiger partial charge in [0, 0.05) is 25.7 Å². The van der Waals surface area contributed by atoms with E-state index in [1.165, 1.54) is 51.6 Å². The Morgan fingerprint density at radius 2 is 1.82 bits per heavy atom. The average molecular weight is 236 g/mol. The van der Waals surface area contributed by atoms with Crippen molar-refractivity contribution in [2.75, 3.05) is 26.2 Å². The fourth-order valence-electron chi connectivity index (χ4n) is 3.50. The van der Waals surface area contributed by atoms with Gasteiger partial charge in [-0.1, -0.05) is 12.8 Å².